The van der Waals surface area contributed by atoms with Crippen molar-refractivity contribution in [2.75, 3.05) is 6.54 Å². The Balaban J connectivity index is 1.59. The number of fused-ring (bicyclic) bond motifs is 1. The average molecular weight is 406 g/mol. The zero-order valence-corrected chi connectivity index (χ0v) is 16.6. The molecule has 0 bridgehead atoms. The highest BCUT2D eigenvalue weighted by Crippen LogP contribution is 2.22. The Bertz CT molecular complexity index is 938. The first-order chi connectivity index (χ1) is 13.0. The molecule has 0 aliphatic heterocycles. The van der Waals surface area contributed by atoms with Crippen molar-refractivity contribution in [3.8, 4) is 0 Å². The van der Waals surface area contributed by atoms with Crippen LogP contribution in [0.5, 0.6) is 0 Å². The van der Waals surface area contributed by atoms with Gasteiger partial charge >= 0.3 is 5.97 Å². The molecular formula is C19H20ClN3O3S. The van der Waals surface area contributed by atoms with Crippen molar-refractivity contribution in [3.63, 3.8) is 0 Å². The second-order valence-electron chi connectivity index (χ2n) is 6.12. The maximum absolute atomic E-state index is 12.4. The summed E-state index contributed by atoms with van der Waals surface area (Å²) in [4.78, 5) is 29.5. The van der Waals surface area contributed by atoms with E-state index in [-0.39, 0.29) is 22.7 Å². The molecule has 6 nitrogen and oxygen atoms in total. The summed E-state index contributed by atoms with van der Waals surface area (Å²) < 4.78 is 6.85. The van der Waals surface area contributed by atoms with E-state index in [2.05, 4.69) is 17.2 Å². The Morgan fingerprint density at radius 2 is 2.07 bits per heavy atom. The fraction of sp³-hybridized carbons (Fsp3) is 0.316. The van der Waals surface area contributed by atoms with E-state index in [0.29, 0.717) is 11.5 Å². The molecule has 142 valence electrons. The molecular weight excluding hydrogens is 386 g/mol. The molecule has 0 aliphatic carbocycles. The number of amides is 1. The number of aromatic nitrogens is 2. The maximum Gasteiger partial charge on any atom is 0.359 e. The van der Waals surface area contributed by atoms with E-state index in [1.165, 1.54) is 18.3 Å². The zero-order valence-electron chi connectivity index (χ0n) is 15.0. The van der Waals surface area contributed by atoms with Gasteiger partial charge in [-0.05, 0) is 18.9 Å². The van der Waals surface area contributed by atoms with Gasteiger partial charge in [-0.1, -0.05) is 48.9 Å². The van der Waals surface area contributed by atoms with Gasteiger partial charge in [0.15, 0.2) is 21.9 Å². The van der Waals surface area contributed by atoms with Gasteiger partial charge in [-0.3, -0.25) is 9.20 Å². The molecule has 0 saturated heterocycles. The topological polar surface area (TPSA) is 72.7 Å². The van der Waals surface area contributed by atoms with Gasteiger partial charge in [0.2, 0.25) is 0 Å². The summed E-state index contributed by atoms with van der Waals surface area (Å²) in [6.07, 6.45) is 1.64. The Hall–Kier alpha value is -2.38. The van der Waals surface area contributed by atoms with Crippen molar-refractivity contribution >= 4 is 39.8 Å². The van der Waals surface area contributed by atoms with E-state index in [1.54, 1.807) is 16.0 Å². The predicted octanol–water partition coefficient (Wildman–Crippen LogP) is 3.90. The SMILES string of the molecule is CC[C@@H](CNC(=O)[C@H](C)OC(=O)c1c(Cl)nc2sccn12)c1ccccc1. The standard InChI is InChI=1S/C19H20ClN3O3S/c1-3-13(14-7-5-4-6-8-14)11-21-17(24)12(2)26-18(25)15-16(20)22-19-23(15)9-10-27-19/h4-10,12-13H,3,11H2,1-2H3,(H,21,24)/t12-,13-/m0/s1. The molecule has 1 N–H and O–H groups in total. The second kappa shape index (κ2) is 8.54. The highest BCUT2D eigenvalue weighted by Gasteiger charge is 2.25. The monoisotopic (exact) mass is 405 g/mol. The molecule has 8 heteroatoms. The Morgan fingerprint density at radius 3 is 2.78 bits per heavy atom. The summed E-state index contributed by atoms with van der Waals surface area (Å²) in [7, 11) is 0. The highest BCUT2D eigenvalue weighted by atomic mass is 35.5. The molecule has 3 rings (SSSR count). The molecule has 2 atom stereocenters. The number of carbonyl (C=O) groups excluding carboxylic acids is 2. The van der Waals surface area contributed by atoms with Crippen LogP contribution in [0.25, 0.3) is 4.96 Å². The van der Waals surface area contributed by atoms with Crippen molar-refractivity contribution in [2.45, 2.75) is 32.3 Å². The van der Waals surface area contributed by atoms with E-state index in [9.17, 15) is 9.59 Å². The molecule has 0 aliphatic rings. The van der Waals surface area contributed by atoms with E-state index >= 15 is 0 Å². The van der Waals surface area contributed by atoms with Crippen LogP contribution in [-0.2, 0) is 9.53 Å². The first kappa shape index (κ1) is 19.4. The van der Waals surface area contributed by atoms with Gasteiger partial charge in [0, 0.05) is 24.0 Å². The Labute approximate surface area is 166 Å². The molecule has 0 spiro atoms. The molecule has 0 saturated carbocycles. The van der Waals surface area contributed by atoms with Crippen LogP contribution in [0.2, 0.25) is 5.15 Å². The van der Waals surface area contributed by atoms with Crippen LogP contribution in [0.4, 0.5) is 0 Å². The number of imidazole rings is 1. The number of hydrogen-bond acceptors (Lipinski definition) is 5. The largest absolute Gasteiger partial charge is 0.448 e. The number of thiazole rings is 1. The molecule has 2 aromatic heterocycles. The molecule has 2 heterocycles. The van der Waals surface area contributed by atoms with Gasteiger partial charge in [0.05, 0.1) is 0 Å². The number of rotatable bonds is 7. The first-order valence-corrected chi connectivity index (χ1v) is 9.91. The third-order valence-corrected chi connectivity index (χ3v) is 5.37. The Kier molecular flexibility index (Phi) is 6.13. The minimum absolute atomic E-state index is 0.0644. The van der Waals surface area contributed by atoms with Crippen LogP contribution in [0.3, 0.4) is 0 Å². The zero-order chi connectivity index (χ0) is 19.4. The van der Waals surface area contributed by atoms with Crippen molar-refractivity contribution in [2.24, 2.45) is 0 Å². The van der Waals surface area contributed by atoms with E-state index < -0.39 is 12.1 Å². The minimum atomic E-state index is -0.939. The number of esters is 1. The van der Waals surface area contributed by atoms with E-state index in [1.807, 2.05) is 30.3 Å². The van der Waals surface area contributed by atoms with Crippen molar-refractivity contribution in [1.29, 1.82) is 0 Å². The summed E-state index contributed by atoms with van der Waals surface area (Å²) in [5.74, 6) is -0.823. The summed E-state index contributed by atoms with van der Waals surface area (Å²) >= 11 is 7.39. The summed E-state index contributed by atoms with van der Waals surface area (Å²) in [6.45, 7) is 4.08. The fourth-order valence-electron chi connectivity index (χ4n) is 2.80. The van der Waals surface area contributed by atoms with Crippen LogP contribution in [-0.4, -0.2) is 33.9 Å². The number of halogens is 1. The number of carbonyl (C=O) groups is 2. The number of benzene rings is 1. The van der Waals surface area contributed by atoms with E-state index in [4.69, 9.17) is 16.3 Å². The molecule has 0 radical (unpaired) electrons. The lowest BCUT2D eigenvalue weighted by molar-refractivity contribution is -0.129. The molecule has 27 heavy (non-hydrogen) atoms. The first-order valence-electron chi connectivity index (χ1n) is 8.66. The van der Waals surface area contributed by atoms with Crippen LogP contribution in [0, 0.1) is 0 Å². The van der Waals surface area contributed by atoms with Gasteiger partial charge in [-0.2, -0.15) is 0 Å². The lowest BCUT2D eigenvalue weighted by atomic mass is 9.96. The summed E-state index contributed by atoms with van der Waals surface area (Å²) in [5, 5.41) is 4.72. The van der Waals surface area contributed by atoms with Gasteiger partial charge in [-0.25, -0.2) is 9.78 Å². The highest BCUT2D eigenvalue weighted by molar-refractivity contribution is 7.15. The minimum Gasteiger partial charge on any atom is -0.448 e. The molecule has 0 fully saturated rings. The van der Waals surface area contributed by atoms with E-state index in [0.717, 1.165) is 12.0 Å². The lowest BCUT2D eigenvalue weighted by Crippen LogP contribution is -2.38. The number of nitrogens with zero attached hydrogens (tertiary/aromatic N) is 2. The van der Waals surface area contributed by atoms with Crippen molar-refractivity contribution < 1.29 is 14.3 Å². The molecule has 3 aromatic rings. The van der Waals surface area contributed by atoms with Crippen molar-refractivity contribution in [3.05, 3.63) is 58.3 Å². The Morgan fingerprint density at radius 1 is 1.33 bits per heavy atom. The second-order valence-corrected chi connectivity index (χ2v) is 7.35. The predicted molar refractivity (Wildman–Crippen MR) is 105 cm³/mol. The van der Waals surface area contributed by atoms with Gasteiger partial charge in [-0.15, -0.1) is 11.3 Å². The van der Waals surface area contributed by atoms with Crippen LogP contribution in [0.1, 0.15) is 42.2 Å². The summed E-state index contributed by atoms with van der Waals surface area (Å²) in [6, 6.07) is 9.99. The molecule has 1 amide bonds. The summed E-state index contributed by atoms with van der Waals surface area (Å²) in [5.41, 5.74) is 1.29. The van der Waals surface area contributed by atoms with Crippen LogP contribution < -0.4 is 5.32 Å². The van der Waals surface area contributed by atoms with Gasteiger partial charge < -0.3 is 10.1 Å². The lowest BCUT2D eigenvalue weighted by Gasteiger charge is -2.18. The quantitative estimate of drug-likeness (QED) is 0.605. The van der Waals surface area contributed by atoms with Crippen molar-refractivity contribution in [1.82, 2.24) is 14.7 Å². The molecule has 0 unspecified atom stereocenters. The number of ether oxygens (including phenoxy) is 1. The smallest absolute Gasteiger partial charge is 0.359 e. The number of nitrogens with one attached hydrogen (secondary N) is 1. The third-order valence-electron chi connectivity index (χ3n) is 4.35. The normalized spacial score (nSPS) is 13.3. The maximum atomic E-state index is 12.4. The molecule has 1 aromatic carbocycles. The fourth-order valence-corrected chi connectivity index (χ4v) is 3.81. The number of hydrogen-bond donors (Lipinski definition) is 1. The van der Waals surface area contributed by atoms with Gasteiger partial charge in [0.1, 0.15) is 0 Å². The average Bonchev–Trinajstić information content (AvgIpc) is 3.22. The van der Waals surface area contributed by atoms with Crippen LogP contribution in [0.15, 0.2) is 41.9 Å². The van der Waals surface area contributed by atoms with Crippen LogP contribution >= 0.6 is 22.9 Å². The third kappa shape index (κ3) is 4.31. The van der Waals surface area contributed by atoms with Gasteiger partial charge in [0.25, 0.3) is 5.91 Å².